The summed E-state index contributed by atoms with van der Waals surface area (Å²) in [6.07, 6.45) is 2.24. The van der Waals surface area contributed by atoms with Crippen molar-refractivity contribution in [1.29, 1.82) is 0 Å². The third-order valence-corrected chi connectivity index (χ3v) is 4.94. The van der Waals surface area contributed by atoms with E-state index in [1.165, 1.54) is 11.9 Å². The Morgan fingerprint density at radius 2 is 1.90 bits per heavy atom. The van der Waals surface area contributed by atoms with Crippen LogP contribution in [0.4, 0.5) is 5.82 Å². The first-order valence-electron chi connectivity index (χ1n) is 9.48. The Morgan fingerprint density at radius 1 is 1.20 bits per heavy atom. The molecule has 156 valence electrons. The average Bonchev–Trinajstić information content (AvgIpc) is 2.75. The maximum atomic E-state index is 12.1. The van der Waals surface area contributed by atoms with Gasteiger partial charge in [0.05, 0.1) is 12.6 Å². The highest BCUT2D eigenvalue weighted by atomic mass is 35.5. The van der Waals surface area contributed by atoms with E-state index in [0.717, 1.165) is 21.4 Å². The lowest BCUT2D eigenvalue weighted by atomic mass is 10.2. The van der Waals surface area contributed by atoms with Crippen LogP contribution in [-0.4, -0.2) is 35.0 Å². The van der Waals surface area contributed by atoms with Gasteiger partial charge in [-0.05, 0) is 30.0 Å². The van der Waals surface area contributed by atoms with Gasteiger partial charge in [-0.2, -0.15) is 5.06 Å². The van der Waals surface area contributed by atoms with Gasteiger partial charge in [-0.15, -0.1) is 0 Å². The second-order valence-electron chi connectivity index (χ2n) is 6.78. The fourth-order valence-corrected chi connectivity index (χ4v) is 3.20. The normalized spacial score (nSPS) is 11.8. The van der Waals surface area contributed by atoms with Crippen molar-refractivity contribution in [2.75, 3.05) is 11.7 Å². The van der Waals surface area contributed by atoms with Crippen LogP contribution in [0.2, 0.25) is 5.02 Å². The predicted octanol–water partition coefficient (Wildman–Crippen LogP) is 3.72. The van der Waals surface area contributed by atoms with E-state index >= 15 is 0 Å². The maximum Gasteiger partial charge on any atom is 0.239 e. The number of fused-ring (bicyclic) bond motifs is 1. The van der Waals surface area contributed by atoms with Crippen LogP contribution >= 0.6 is 11.6 Å². The van der Waals surface area contributed by atoms with Gasteiger partial charge in [-0.3, -0.25) is 19.4 Å². The Kier molecular flexibility index (Phi) is 7.35. The molecule has 0 saturated heterocycles. The molecular weight excluding hydrogens is 404 g/mol. The Morgan fingerprint density at radius 3 is 2.60 bits per heavy atom. The summed E-state index contributed by atoms with van der Waals surface area (Å²) in [6.45, 7) is 3.74. The van der Waals surface area contributed by atoms with Crippen molar-refractivity contribution < 1.29 is 14.4 Å². The Labute approximate surface area is 180 Å². The summed E-state index contributed by atoms with van der Waals surface area (Å²) in [5, 5.41) is 5.05. The molecule has 3 aromatic rings. The molecule has 0 radical (unpaired) electrons. The molecule has 0 spiro atoms. The molecule has 0 aliphatic heterocycles. The van der Waals surface area contributed by atoms with Gasteiger partial charge in [-0.1, -0.05) is 54.1 Å². The molecule has 8 heteroatoms. The second kappa shape index (κ2) is 10.2. The van der Waals surface area contributed by atoms with E-state index in [2.05, 4.69) is 10.4 Å². The number of hydrogen-bond donors (Lipinski definition) is 1. The summed E-state index contributed by atoms with van der Waals surface area (Å²) >= 11 is 6.18. The number of amides is 2. The molecule has 2 aromatic carbocycles. The monoisotopic (exact) mass is 426 g/mol. The van der Waals surface area contributed by atoms with E-state index < -0.39 is 0 Å². The number of rotatable bonds is 9. The first-order valence-corrected chi connectivity index (χ1v) is 9.86. The molecule has 0 fully saturated rings. The van der Waals surface area contributed by atoms with E-state index in [1.807, 2.05) is 49.4 Å². The topological polar surface area (TPSA) is 74.8 Å². The van der Waals surface area contributed by atoms with Gasteiger partial charge in [0, 0.05) is 30.1 Å². The molecule has 7 nitrogen and oxygen atoms in total. The lowest BCUT2D eigenvalue weighted by molar-refractivity contribution is -0.136. The number of carbonyl (C=O) groups is 2. The predicted molar refractivity (Wildman–Crippen MR) is 117 cm³/mol. The summed E-state index contributed by atoms with van der Waals surface area (Å²) in [6, 6.07) is 16.5. The number of nitrogens with one attached hydrogen (secondary N) is 1. The Hall–Kier alpha value is -3.00. The van der Waals surface area contributed by atoms with Crippen molar-refractivity contribution in [3.63, 3.8) is 0 Å². The zero-order chi connectivity index (χ0) is 21.5. The standard InChI is InChI=1S/C22H23ClN4O3/c1-16(27(17(2)29)25-13-20-9-5-6-10-21(20)23)14-30-26(15-28)22-11-18-7-3-4-8-19(18)12-24-22/h3-12,15-16,25H,13-14H2,1-2H3/t16-/m1/s1. The molecule has 2 amide bonds. The zero-order valence-corrected chi connectivity index (χ0v) is 17.5. The highest BCUT2D eigenvalue weighted by Crippen LogP contribution is 2.19. The van der Waals surface area contributed by atoms with Crippen molar-refractivity contribution >= 4 is 40.5 Å². The number of hydrazine groups is 1. The number of aromatic nitrogens is 1. The third kappa shape index (κ3) is 5.33. The van der Waals surface area contributed by atoms with E-state index in [9.17, 15) is 9.59 Å². The van der Waals surface area contributed by atoms with Crippen molar-refractivity contribution in [1.82, 2.24) is 15.4 Å². The summed E-state index contributed by atoms with van der Waals surface area (Å²) in [7, 11) is 0. The number of halogens is 1. The number of pyridine rings is 1. The second-order valence-corrected chi connectivity index (χ2v) is 7.19. The minimum Gasteiger partial charge on any atom is -0.276 e. The van der Waals surface area contributed by atoms with Crippen LogP contribution in [0.1, 0.15) is 19.4 Å². The quantitative estimate of drug-likeness (QED) is 0.417. The fourth-order valence-electron chi connectivity index (χ4n) is 3.00. The van der Waals surface area contributed by atoms with Gasteiger partial charge < -0.3 is 0 Å². The molecule has 1 N–H and O–H groups in total. The highest BCUT2D eigenvalue weighted by Gasteiger charge is 2.19. The first kappa shape index (κ1) is 21.7. The Balaban J connectivity index is 1.64. The van der Waals surface area contributed by atoms with Crippen LogP contribution in [-0.2, 0) is 21.0 Å². The van der Waals surface area contributed by atoms with E-state index in [-0.39, 0.29) is 18.6 Å². The summed E-state index contributed by atoms with van der Waals surface area (Å²) in [5.74, 6) is 0.189. The van der Waals surface area contributed by atoms with Crippen LogP contribution in [0.25, 0.3) is 10.8 Å². The van der Waals surface area contributed by atoms with Crippen molar-refractivity contribution in [2.24, 2.45) is 0 Å². The van der Waals surface area contributed by atoms with Crippen LogP contribution in [0.15, 0.2) is 60.8 Å². The van der Waals surface area contributed by atoms with Gasteiger partial charge in [0.2, 0.25) is 12.3 Å². The number of anilines is 1. The number of hydrogen-bond acceptors (Lipinski definition) is 5. The first-order chi connectivity index (χ1) is 14.5. The van der Waals surface area contributed by atoms with Gasteiger partial charge >= 0.3 is 0 Å². The molecule has 0 unspecified atom stereocenters. The van der Waals surface area contributed by atoms with E-state index in [4.69, 9.17) is 16.4 Å². The lowest BCUT2D eigenvalue weighted by Crippen LogP contribution is -2.49. The number of carbonyl (C=O) groups excluding carboxylic acids is 2. The Bertz CT molecular complexity index is 1030. The number of nitrogens with zero attached hydrogens (tertiary/aromatic N) is 3. The third-order valence-electron chi connectivity index (χ3n) is 4.57. The summed E-state index contributed by atoms with van der Waals surface area (Å²) in [4.78, 5) is 33.6. The smallest absolute Gasteiger partial charge is 0.239 e. The van der Waals surface area contributed by atoms with Crippen LogP contribution in [0, 0.1) is 0 Å². The largest absolute Gasteiger partial charge is 0.276 e. The fraction of sp³-hybridized carbons (Fsp3) is 0.227. The zero-order valence-electron chi connectivity index (χ0n) is 16.8. The summed E-state index contributed by atoms with van der Waals surface area (Å²) < 4.78 is 0. The van der Waals surface area contributed by atoms with Crippen molar-refractivity contribution in [3.8, 4) is 0 Å². The SMILES string of the molecule is CC(=O)N(NCc1ccccc1Cl)[C@H](C)CON(C=O)c1cc2ccccc2cn1. The van der Waals surface area contributed by atoms with Crippen molar-refractivity contribution in [2.45, 2.75) is 26.4 Å². The average molecular weight is 427 g/mol. The maximum absolute atomic E-state index is 12.1. The molecule has 0 aliphatic rings. The van der Waals surface area contributed by atoms with Crippen LogP contribution < -0.4 is 10.5 Å². The molecule has 1 heterocycles. The number of hydroxylamine groups is 1. The van der Waals surface area contributed by atoms with Gasteiger partial charge in [0.15, 0.2) is 5.82 Å². The number of benzene rings is 2. The molecular formula is C22H23ClN4O3. The van der Waals surface area contributed by atoms with Gasteiger partial charge in [0.1, 0.15) is 0 Å². The molecule has 0 bridgehead atoms. The lowest BCUT2D eigenvalue weighted by Gasteiger charge is -2.29. The van der Waals surface area contributed by atoms with Crippen molar-refractivity contribution in [3.05, 3.63) is 71.4 Å². The van der Waals surface area contributed by atoms with Gasteiger partial charge in [-0.25, -0.2) is 10.4 Å². The molecule has 1 aromatic heterocycles. The molecule has 3 rings (SSSR count). The van der Waals surface area contributed by atoms with E-state index in [1.54, 1.807) is 18.3 Å². The molecule has 0 saturated carbocycles. The van der Waals surface area contributed by atoms with E-state index in [0.29, 0.717) is 23.8 Å². The molecule has 0 aliphatic carbocycles. The highest BCUT2D eigenvalue weighted by molar-refractivity contribution is 6.31. The minimum atomic E-state index is -0.354. The van der Waals surface area contributed by atoms with Crippen LogP contribution in [0.5, 0.6) is 0 Å². The molecule has 30 heavy (non-hydrogen) atoms. The van der Waals surface area contributed by atoms with Crippen LogP contribution in [0.3, 0.4) is 0 Å². The minimum absolute atomic E-state index is 0.0857. The summed E-state index contributed by atoms with van der Waals surface area (Å²) in [5.41, 5.74) is 3.95. The molecule has 1 atom stereocenters. The van der Waals surface area contributed by atoms with Gasteiger partial charge in [0.25, 0.3) is 0 Å².